The number of carbonyl (C=O) groups excluding carboxylic acids is 1. The topological polar surface area (TPSA) is 94.8 Å². The zero-order valence-electron chi connectivity index (χ0n) is 8.94. The van der Waals surface area contributed by atoms with Crippen LogP contribution in [0, 0.1) is 6.92 Å². The Morgan fingerprint density at radius 3 is 2.19 bits per heavy atom. The van der Waals surface area contributed by atoms with E-state index < -0.39 is 23.1 Å². The van der Waals surface area contributed by atoms with Crippen molar-refractivity contribution in [3.05, 3.63) is 22.8 Å². The molecule has 1 aromatic carbocycles. The Morgan fingerprint density at radius 2 is 1.75 bits per heavy atom. The van der Waals surface area contributed by atoms with Gasteiger partial charge in [0.1, 0.15) is 17.1 Å². The van der Waals surface area contributed by atoms with Crippen LogP contribution in [0.15, 0.2) is 6.07 Å². The third kappa shape index (κ3) is 1.84. The first-order valence-corrected chi connectivity index (χ1v) is 4.72. The molecule has 0 aliphatic rings. The summed E-state index contributed by atoms with van der Waals surface area (Å²) in [6.07, 6.45) is 0.101. The van der Waals surface area contributed by atoms with Crippen LogP contribution in [-0.2, 0) is 0 Å². The molecule has 0 spiro atoms. The highest BCUT2D eigenvalue weighted by Gasteiger charge is 2.24. The smallest absolute Gasteiger partial charge is 0.340 e. The van der Waals surface area contributed by atoms with Gasteiger partial charge in [0, 0.05) is 23.6 Å². The van der Waals surface area contributed by atoms with Gasteiger partial charge in [-0.15, -0.1) is 0 Å². The summed E-state index contributed by atoms with van der Waals surface area (Å²) in [6, 6.07) is 0.922. The van der Waals surface area contributed by atoms with E-state index in [9.17, 15) is 19.8 Å². The van der Waals surface area contributed by atoms with Crippen molar-refractivity contribution in [1.82, 2.24) is 0 Å². The maximum atomic E-state index is 11.6. The van der Waals surface area contributed by atoms with E-state index >= 15 is 0 Å². The monoisotopic (exact) mass is 224 g/mol. The molecule has 0 atom stereocenters. The van der Waals surface area contributed by atoms with Gasteiger partial charge in [0.05, 0.1) is 0 Å². The summed E-state index contributed by atoms with van der Waals surface area (Å²) in [4.78, 5) is 22.5. The zero-order valence-corrected chi connectivity index (χ0v) is 8.94. The summed E-state index contributed by atoms with van der Waals surface area (Å²) in [5.41, 5.74) is -0.420. The summed E-state index contributed by atoms with van der Waals surface area (Å²) in [7, 11) is 0. The normalized spacial score (nSPS) is 10.1. The molecule has 0 unspecified atom stereocenters. The largest absolute Gasteiger partial charge is 0.508 e. The quantitative estimate of drug-likeness (QED) is 0.679. The average Bonchev–Trinajstić information content (AvgIpc) is 2.21. The molecule has 5 heteroatoms. The first-order valence-electron chi connectivity index (χ1n) is 4.72. The molecule has 0 amide bonds. The standard InChI is InChI=1S/C11H12O5/c1-3-6(12)9-5(2)7(13)4-8(14)10(9)11(15)16/h4,13-14H,3H2,1-2H3,(H,15,16). The minimum absolute atomic E-state index is 0.101. The van der Waals surface area contributed by atoms with E-state index in [1.807, 2.05) is 0 Å². The van der Waals surface area contributed by atoms with E-state index in [1.165, 1.54) is 6.92 Å². The third-order valence-electron chi connectivity index (χ3n) is 2.35. The number of aromatic carboxylic acids is 1. The number of hydrogen-bond acceptors (Lipinski definition) is 4. The van der Waals surface area contributed by atoms with Gasteiger partial charge in [-0.3, -0.25) is 4.79 Å². The maximum Gasteiger partial charge on any atom is 0.340 e. The molecule has 0 aliphatic heterocycles. The second kappa shape index (κ2) is 4.22. The number of aromatic hydroxyl groups is 2. The lowest BCUT2D eigenvalue weighted by Crippen LogP contribution is -2.10. The van der Waals surface area contributed by atoms with E-state index in [1.54, 1.807) is 6.92 Å². The van der Waals surface area contributed by atoms with Crippen LogP contribution in [0.3, 0.4) is 0 Å². The predicted molar refractivity (Wildman–Crippen MR) is 56.1 cm³/mol. The highest BCUT2D eigenvalue weighted by molar-refractivity contribution is 6.08. The second-order valence-electron chi connectivity index (χ2n) is 3.37. The minimum atomic E-state index is -1.39. The number of phenols is 2. The Labute approximate surface area is 92.0 Å². The second-order valence-corrected chi connectivity index (χ2v) is 3.37. The fourth-order valence-corrected chi connectivity index (χ4v) is 1.50. The first kappa shape index (κ1) is 12.0. The summed E-state index contributed by atoms with van der Waals surface area (Å²) in [6.45, 7) is 3.01. The summed E-state index contributed by atoms with van der Waals surface area (Å²) in [5, 5.41) is 27.8. The van der Waals surface area contributed by atoms with E-state index in [0.29, 0.717) is 0 Å². The maximum absolute atomic E-state index is 11.6. The predicted octanol–water partition coefficient (Wildman–Crippen LogP) is 1.70. The lowest BCUT2D eigenvalue weighted by Gasteiger charge is -2.11. The van der Waals surface area contributed by atoms with Gasteiger partial charge in [-0.05, 0) is 6.92 Å². The fourth-order valence-electron chi connectivity index (χ4n) is 1.50. The van der Waals surface area contributed by atoms with E-state index in [4.69, 9.17) is 5.11 Å². The van der Waals surface area contributed by atoms with Crippen molar-refractivity contribution in [3.8, 4) is 11.5 Å². The molecule has 0 aromatic heterocycles. The van der Waals surface area contributed by atoms with Gasteiger partial charge in [-0.2, -0.15) is 0 Å². The highest BCUT2D eigenvalue weighted by atomic mass is 16.4. The van der Waals surface area contributed by atoms with Crippen LogP contribution in [0.4, 0.5) is 0 Å². The van der Waals surface area contributed by atoms with Gasteiger partial charge in [0.25, 0.3) is 0 Å². The summed E-state index contributed by atoms with van der Waals surface area (Å²) < 4.78 is 0. The van der Waals surface area contributed by atoms with Gasteiger partial charge in [-0.1, -0.05) is 6.92 Å². The van der Waals surface area contributed by atoms with Crippen molar-refractivity contribution in [3.63, 3.8) is 0 Å². The molecule has 0 heterocycles. The highest BCUT2D eigenvalue weighted by Crippen LogP contribution is 2.32. The van der Waals surface area contributed by atoms with E-state index in [0.717, 1.165) is 6.07 Å². The van der Waals surface area contributed by atoms with Crippen molar-refractivity contribution in [2.45, 2.75) is 20.3 Å². The SMILES string of the molecule is CCC(=O)c1c(C)c(O)cc(O)c1C(=O)O. The molecule has 0 aliphatic carbocycles. The molecule has 5 nitrogen and oxygen atoms in total. The summed E-state index contributed by atoms with van der Waals surface area (Å²) >= 11 is 0. The van der Waals surface area contributed by atoms with Crippen LogP contribution in [0.2, 0.25) is 0 Å². The molecule has 0 saturated heterocycles. The molecule has 3 N–H and O–H groups in total. The minimum Gasteiger partial charge on any atom is -0.508 e. The fraction of sp³-hybridized carbons (Fsp3) is 0.273. The molecular weight excluding hydrogens is 212 g/mol. The molecule has 86 valence electrons. The van der Waals surface area contributed by atoms with Crippen molar-refractivity contribution < 1.29 is 24.9 Å². The first-order chi connectivity index (χ1) is 7.40. The number of carbonyl (C=O) groups is 2. The number of Topliss-reactive ketones (excluding diaryl/α,β-unsaturated/α-hetero) is 1. The van der Waals surface area contributed by atoms with Crippen LogP contribution in [-0.4, -0.2) is 27.1 Å². The molecule has 16 heavy (non-hydrogen) atoms. The lowest BCUT2D eigenvalue weighted by atomic mass is 9.95. The number of rotatable bonds is 3. The Hall–Kier alpha value is -2.04. The number of ketones is 1. The Morgan fingerprint density at radius 1 is 1.19 bits per heavy atom. The molecular formula is C11H12O5. The number of benzene rings is 1. The number of carboxylic acid groups (broad SMARTS) is 1. The van der Waals surface area contributed by atoms with Crippen molar-refractivity contribution in [2.75, 3.05) is 0 Å². The number of hydrogen-bond donors (Lipinski definition) is 3. The third-order valence-corrected chi connectivity index (χ3v) is 2.35. The Kier molecular flexibility index (Phi) is 3.17. The van der Waals surface area contributed by atoms with Crippen molar-refractivity contribution in [2.24, 2.45) is 0 Å². The molecule has 0 saturated carbocycles. The van der Waals surface area contributed by atoms with Crippen LogP contribution in [0.1, 0.15) is 39.6 Å². The van der Waals surface area contributed by atoms with Gasteiger partial charge < -0.3 is 15.3 Å². The Balaban J connectivity index is 3.64. The van der Waals surface area contributed by atoms with Crippen LogP contribution in [0.25, 0.3) is 0 Å². The van der Waals surface area contributed by atoms with Crippen molar-refractivity contribution in [1.29, 1.82) is 0 Å². The van der Waals surface area contributed by atoms with Crippen LogP contribution >= 0.6 is 0 Å². The van der Waals surface area contributed by atoms with Gasteiger partial charge >= 0.3 is 5.97 Å². The number of carboxylic acids is 1. The molecule has 0 radical (unpaired) electrons. The Bertz CT molecular complexity index is 462. The van der Waals surface area contributed by atoms with Crippen molar-refractivity contribution >= 4 is 11.8 Å². The zero-order chi connectivity index (χ0) is 12.5. The molecule has 0 bridgehead atoms. The lowest BCUT2D eigenvalue weighted by molar-refractivity contribution is 0.0688. The molecule has 0 fully saturated rings. The average molecular weight is 224 g/mol. The van der Waals surface area contributed by atoms with Gasteiger partial charge in [-0.25, -0.2) is 4.79 Å². The van der Waals surface area contributed by atoms with E-state index in [-0.39, 0.29) is 23.3 Å². The van der Waals surface area contributed by atoms with Crippen LogP contribution in [0.5, 0.6) is 11.5 Å². The summed E-state index contributed by atoms with van der Waals surface area (Å²) in [5.74, 6) is -2.72. The van der Waals surface area contributed by atoms with Gasteiger partial charge in [0.15, 0.2) is 5.78 Å². The van der Waals surface area contributed by atoms with Crippen LogP contribution < -0.4 is 0 Å². The molecule has 1 aromatic rings. The number of phenolic OH excluding ortho intramolecular Hbond substituents is 1. The molecule has 1 rings (SSSR count). The van der Waals surface area contributed by atoms with Gasteiger partial charge in [0.2, 0.25) is 0 Å². The van der Waals surface area contributed by atoms with E-state index in [2.05, 4.69) is 0 Å².